The lowest BCUT2D eigenvalue weighted by atomic mass is 10.3. The second-order valence-corrected chi connectivity index (χ2v) is 4.32. The summed E-state index contributed by atoms with van der Waals surface area (Å²) in [6.07, 6.45) is 1.86. The number of hydrogen-bond donors (Lipinski definition) is 3. The minimum atomic E-state index is -1.30. The third-order valence-electron chi connectivity index (χ3n) is 2.65. The molecule has 0 atom stereocenters. The predicted octanol–water partition coefficient (Wildman–Crippen LogP) is 0.378. The Labute approximate surface area is 113 Å². The van der Waals surface area contributed by atoms with Crippen LogP contribution in [0.2, 0.25) is 0 Å². The summed E-state index contributed by atoms with van der Waals surface area (Å²) in [6, 6.07) is 2.26. The summed E-state index contributed by atoms with van der Waals surface area (Å²) in [4.78, 5) is 36.0. The molecule has 1 aromatic heterocycles. The smallest absolute Gasteiger partial charge is 0.354 e. The Kier molecular flexibility index (Phi) is 3.78. The fourth-order valence-electron chi connectivity index (χ4n) is 1.52. The molecule has 1 aliphatic carbocycles. The Morgan fingerprint density at radius 3 is 2.70 bits per heavy atom. The average Bonchev–Trinajstić information content (AvgIpc) is 3.19. The number of hydrogen-bond acceptors (Lipinski definition) is 6. The van der Waals surface area contributed by atoms with E-state index in [1.54, 1.807) is 0 Å². The van der Waals surface area contributed by atoms with Gasteiger partial charge in [0.15, 0.2) is 5.69 Å². The van der Waals surface area contributed by atoms with Crippen LogP contribution in [0.25, 0.3) is 0 Å². The molecule has 1 saturated carbocycles. The van der Waals surface area contributed by atoms with E-state index in [2.05, 4.69) is 15.6 Å². The van der Waals surface area contributed by atoms with Crippen LogP contribution in [-0.2, 0) is 4.79 Å². The molecule has 1 fully saturated rings. The van der Waals surface area contributed by atoms with Gasteiger partial charge < -0.3 is 15.7 Å². The van der Waals surface area contributed by atoms with Gasteiger partial charge in [0.25, 0.3) is 0 Å². The van der Waals surface area contributed by atoms with Crippen LogP contribution < -0.4 is 10.6 Å². The van der Waals surface area contributed by atoms with Gasteiger partial charge in [-0.2, -0.15) is 0 Å². The van der Waals surface area contributed by atoms with Crippen molar-refractivity contribution in [2.45, 2.75) is 18.9 Å². The van der Waals surface area contributed by atoms with Gasteiger partial charge in [-0.05, 0) is 18.9 Å². The fraction of sp³-hybridized carbons (Fsp3) is 0.364. The predicted molar refractivity (Wildman–Crippen MR) is 67.5 cm³/mol. The highest BCUT2D eigenvalue weighted by Crippen LogP contribution is 2.22. The topological polar surface area (TPSA) is 134 Å². The molecule has 0 saturated heterocycles. The van der Waals surface area contributed by atoms with E-state index >= 15 is 0 Å². The Balaban J connectivity index is 2.10. The molecule has 9 nitrogen and oxygen atoms in total. The summed E-state index contributed by atoms with van der Waals surface area (Å²) in [7, 11) is 0. The van der Waals surface area contributed by atoms with Crippen molar-refractivity contribution in [1.82, 2.24) is 10.3 Å². The number of carboxylic acids is 1. The molecule has 1 aliphatic rings. The normalized spacial score (nSPS) is 13.6. The van der Waals surface area contributed by atoms with Crippen LogP contribution in [0, 0.1) is 10.1 Å². The van der Waals surface area contributed by atoms with Crippen molar-refractivity contribution in [3.8, 4) is 0 Å². The fourth-order valence-corrected chi connectivity index (χ4v) is 1.52. The van der Waals surface area contributed by atoms with Crippen LogP contribution in [0.15, 0.2) is 12.1 Å². The molecule has 0 aliphatic heterocycles. The number of nitrogens with one attached hydrogen (secondary N) is 2. The number of nitro groups is 1. The quantitative estimate of drug-likeness (QED) is 0.506. The average molecular weight is 280 g/mol. The monoisotopic (exact) mass is 280 g/mol. The molecule has 1 heterocycles. The molecule has 0 aromatic carbocycles. The number of pyridine rings is 1. The van der Waals surface area contributed by atoms with Crippen LogP contribution in [0.1, 0.15) is 23.3 Å². The Morgan fingerprint density at radius 1 is 1.45 bits per heavy atom. The van der Waals surface area contributed by atoms with E-state index in [-0.39, 0.29) is 35.7 Å². The molecular weight excluding hydrogens is 268 g/mol. The van der Waals surface area contributed by atoms with Crippen LogP contribution in [0.5, 0.6) is 0 Å². The second kappa shape index (κ2) is 5.51. The third kappa shape index (κ3) is 3.40. The zero-order valence-corrected chi connectivity index (χ0v) is 10.3. The van der Waals surface area contributed by atoms with Gasteiger partial charge in [-0.15, -0.1) is 0 Å². The largest absolute Gasteiger partial charge is 0.477 e. The first-order valence-electron chi connectivity index (χ1n) is 5.89. The van der Waals surface area contributed by atoms with Gasteiger partial charge in [0.1, 0.15) is 0 Å². The van der Waals surface area contributed by atoms with E-state index in [0.29, 0.717) is 0 Å². The van der Waals surface area contributed by atoms with Gasteiger partial charge >= 0.3 is 11.7 Å². The summed E-state index contributed by atoms with van der Waals surface area (Å²) in [6.45, 7) is -0.201. The number of amides is 1. The Bertz CT molecular complexity index is 570. The molecular formula is C11H12N4O5. The third-order valence-corrected chi connectivity index (χ3v) is 2.65. The van der Waals surface area contributed by atoms with Crippen LogP contribution in [0.4, 0.5) is 11.5 Å². The van der Waals surface area contributed by atoms with E-state index in [1.165, 1.54) is 0 Å². The minimum absolute atomic E-state index is 0.178. The van der Waals surface area contributed by atoms with Crippen molar-refractivity contribution in [3.63, 3.8) is 0 Å². The number of rotatable bonds is 6. The van der Waals surface area contributed by atoms with Gasteiger partial charge in [0.05, 0.1) is 11.5 Å². The summed E-state index contributed by atoms with van der Waals surface area (Å²) in [5, 5.41) is 24.8. The van der Waals surface area contributed by atoms with Crippen molar-refractivity contribution >= 4 is 23.4 Å². The highest BCUT2D eigenvalue weighted by atomic mass is 16.6. The number of anilines is 1. The molecule has 0 spiro atoms. The number of aromatic carboxylic acids is 1. The van der Waals surface area contributed by atoms with Crippen molar-refractivity contribution in [2.24, 2.45) is 0 Å². The van der Waals surface area contributed by atoms with Crippen LogP contribution in [-0.4, -0.2) is 39.5 Å². The summed E-state index contributed by atoms with van der Waals surface area (Å²) in [5.74, 6) is -1.85. The summed E-state index contributed by atoms with van der Waals surface area (Å²) in [5.41, 5.74) is -0.713. The van der Waals surface area contributed by atoms with E-state index < -0.39 is 10.9 Å². The number of carboxylic acid groups (broad SMARTS) is 1. The number of carbonyl (C=O) groups is 2. The van der Waals surface area contributed by atoms with Crippen LogP contribution in [0.3, 0.4) is 0 Å². The molecule has 0 bridgehead atoms. The lowest BCUT2D eigenvalue weighted by Gasteiger charge is -2.07. The van der Waals surface area contributed by atoms with E-state index in [0.717, 1.165) is 25.0 Å². The van der Waals surface area contributed by atoms with Crippen LogP contribution >= 0.6 is 0 Å². The van der Waals surface area contributed by atoms with Gasteiger partial charge in [-0.25, -0.2) is 9.78 Å². The molecule has 106 valence electrons. The van der Waals surface area contributed by atoms with E-state index in [4.69, 9.17) is 5.11 Å². The minimum Gasteiger partial charge on any atom is -0.477 e. The van der Waals surface area contributed by atoms with E-state index in [9.17, 15) is 19.7 Å². The van der Waals surface area contributed by atoms with E-state index in [1.807, 2.05) is 0 Å². The highest BCUT2D eigenvalue weighted by Gasteiger charge is 2.24. The van der Waals surface area contributed by atoms with Crippen molar-refractivity contribution < 1.29 is 19.6 Å². The summed E-state index contributed by atoms with van der Waals surface area (Å²) < 4.78 is 0. The van der Waals surface area contributed by atoms with Crippen molar-refractivity contribution in [2.75, 3.05) is 11.9 Å². The first-order valence-corrected chi connectivity index (χ1v) is 5.89. The lowest BCUT2D eigenvalue weighted by Crippen LogP contribution is -2.31. The molecule has 20 heavy (non-hydrogen) atoms. The lowest BCUT2D eigenvalue weighted by molar-refractivity contribution is -0.384. The maximum Gasteiger partial charge on any atom is 0.354 e. The number of carbonyl (C=O) groups excluding carboxylic acids is 1. The zero-order chi connectivity index (χ0) is 14.7. The standard InChI is InChI=1S/C11H12N4O5/c16-9(13-6-1-2-6)5-12-10-8(15(19)20)4-3-7(14-10)11(17)18/h3-4,6H,1-2,5H2,(H,12,14)(H,13,16)(H,17,18). The van der Waals surface area contributed by atoms with Gasteiger partial charge in [0.2, 0.25) is 11.7 Å². The molecule has 2 rings (SSSR count). The molecule has 0 radical (unpaired) electrons. The first-order chi connectivity index (χ1) is 9.47. The second-order valence-electron chi connectivity index (χ2n) is 4.32. The number of nitrogens with zero attached hydrogens (tertiary/aromatic N) is 2. The number of aromatic nitrogens is 1. The molecule has 1 amide bonds. The molecule has 1 aromatic rings. The van der Waals surface area contributed by atoms with Gasteiger partial charge in [-0.1, -0.05) is 0 Å². The maximum absolute atomic E-state index is 11.5. The first kappa shape index (κ1) is 13.7. The van der Waals surface area contributed by atoms with Gasteiger partial charge in [-0.3, -0.25) is 14.9 Å². The molecule has 3 N–H and O–H groups in total. The van der Waals surface area contributed by atoms with Gasteiger partial charge in [0, 0.05) is 12.1 Å². The SMILES string of the molecule is O=C(CNc1nc(C(=O)O)ccc1[N+](=O)[O-])NC1CC1. The Morgan fingerprint density at radius 2 is 2.15 bits per heavy atom. The highest BCUT2D eigenvalue weighted by molar-refractivity contribution is 5.87. The Hall–Kier alpha value is -2.71. The zero-order valence-electron chi connectivity index (χ0n) is 10.3. The molecule has 9 heteroatoms. The molecule has 0 unspecified atom stereocenters. The summed E-state index contributed by atoms with van der Waals surface area (Å²) >= 11 is 0. The maximum atomic E-state index is 11.5. The van der Waals surface area contributed by atoms with Crippen molar-refractivity contribution in [1.29, 1.82) is 0 Å². The van der Waals surface area contributed by atoms with Crippen molar-refractivity contribution in [3.05, 3.63) is 27.9 Å².